The molecule has 0 unspecified atom stereocenters. The quantitative estimate of drug-likeness (QED) is 0.0131. The average Bonchev–Trinajstić information content (AvgIpc) is 1.61. The average molecular weight is 1480 g/mol. The molecule has 5 aromatic carbocycles. The number of esters is 2. The molecule has 0 saturated carbocycles. The van der Waals surface area contributed by atoms with Crippen molar-refractivity contribution in [1.29, 1.82) is 0 Å². The van der Waals surface area contributed by atoms with E-state index in [-0.39, 0.29) is 110 Å². The number of hydrogen-bond donors (Lipinski definition) is 4. The molecule has 0 aliphatic carbocycles. The Kier molecular flexibility index (Phi) is 24.9. The van der Waals surface area contributed by atoms with Gasteiger partial charge in [0.15, 0.2) is 52.1 Å². The fraction of sp³-hybridized carbons (Fsp3) is 0.461. The number of alkyl carbamates (subject to hydrolysis) is 1. The third-order valence-electron chi connectivity index (χ3n) is 19.9. The summed E-state index contributed by atoms with van der Waals surface area (Å²) < 4.78 is 62.2. The number of carboxylic acid groups (broad SMARTS) is 1. The van der Waals surface area contributed by atoms with E-state index in [0.717, 1.165) is 4.90 Å². The molecule has 105 heavy (non-hydrogen) atoms. The number of nitrogens with zero attached hydrogens (tertiary/aromatic N) is 4. The highest BCUT2D eigenvalue weighted by Gasteiger charge is 2.55. The van der Waals surface area contributed by atoms with Gasteiger partial charge in [0.05, 0.1) is 86.2 Å². The summed E-state index contributed by atoms with van der Waals surface area (Å²) in [5, 5.41) is 18.3. The Labute approximate surface area is 614 Å². The van der Waals surface area contributed by atoms with Crippen LogP contribution in [0.4, 0.5) is 31.4 Å². The van der Waals surface area contributed by atoms with Crippen molar-refractivity contribution in [1.82, 2.24) is 20.4 Å². The van der Waals surface area contributed by atoms with Crippen molar-refractivity contribution in [3.8, 4) is 23.0 Å². The van der Waals surface area contributed by atoms with Crippen molar-refractivity contribution in [2.45, 2.75) is 173 Å². The van der Waals surface area contributed by atoms with Crippen molar-refractivity contribution >= 4 is 87.5 Å². The highest BCUT2D eigenvalue weighted by molar-refractivity contribution is 6.74. The summed E-state index contributed by atoms with van der Waals surface area (Å²) in [6.07, 6.45) is -5.53. The van der Waals surface area contributed by atoms with Gasteiger partial charge in [-0.15, -0.1) is 0 Å². The summed E-state index contributed by atoms with van der Waals surface area (Å²) in [7, 11) is -2.99. The van der Waals surface area contributed by atoms with Gasteiger partial charge in [0.25, 0.3) is 11.8 Å². The van der Waals surface area contributed by atoms with Gasteiger partial charge in [0.1, 0.15) is 37.5 Å². The standard InChI is InChI=1S/C76H97N7O20Si2/c1-17-33-98-72(90)79-63(45(2)3)65(85)77-46(4)64(84)78-50-31-29-47(30-32-50)44-99-74(93)83-56-41-62(60(95-12)39-54(56)67(87)81-43-52(101-71(89)49-27-22-19-23-28-49)37-58(81)69(83)103-105(15,16)76(8,9)10)97-35-24-34-96-61-40-55-53(38-59(61)94-11)66(86)80-42-51(100-70(88)48-25-20-18-21-26-48)36-57(80)68(82(55)73(91)92)102-104(13,14)75(5,6)7/h17-23,25-32,38-41,45-46,51-52,57-58,63,68-69H,1,24,33-37,42-44H2,2-16H3,(H,77,85)(H,78,84)(H,79,90)(H,91,92)/t46-,51-,52-,57-,58-,63-,68-,69-/m0/s1. The first-order chi connectivity index (χ1) is 49.6. The van der Waals surface area contributed by atoms with Crippen LogP contribution < -0.4 is 44.7 Å². The van der Waals surface area contributed by atoms with Crippen molar-refractivity contribution in [3.05, 3.63) is 150 Å². The van der Waals surface area contributed by atoms with Gasteiger partial charge in [0.2, 0.25) is 11.8 Å². The topological polar surface area (TPSA) is 315 Å². The van der Waals surface area contributed by atoms with Crippen molar-refractivity contribution in [3.63, 3.8) is 0 Å². The number of ether oxygens (including phenoxy) is 8. The number of carbonyl (C=O) groups is 9. The van der Waals surface area contributed by atoms with Gasteiger partial charge in [-0.1, -0.05) is 117 Å². The van der Waals surface area contributed by atoms with Crippen LogP contribution in [-0.2, 0) is 44.0 Å². The van der Waals surface area contributed by atoms with Crippen LogP contribution in [0.15, 0.2) is 122 Å². The molecule has 5 aromatic rings. The Hall–Kier alpha value is -9.98. The van der Waals surface area contributed by atoms with E-state index in [2.05, 4.69) is 22.5 Å². The molecule has 29 heteroatoms. The smallest absolute Gasteiger partial charge is 0.416 e. The maximum Gasteiger partial charge on any atom is 0.416 e. The second-order valence-corrected chi connectivity index (χ2v) is 39.2. The first-order valence-electron chi connectivity index (χ1n) is 35.0. The predicted molar refractivity (Wildman–Crippen MR) is 395 cm³/mol. The highest BCUT2D eigenvalue weighted by Crippen LogP contribution is 2.48. The number of carbonyl (C=O) groups excluding carboxylic acids is 8. The van der Waals surface area contributed by atoms with Gasteiger partial charge in [-0.2, -0.15) is 0 Å². The molecule has 2 saturated heterocycles. The van der Waals surface area contributed by atoms with Gasteiger partial charge in [-0.05, 0) is 103 Å². The SMILES string of the molecule is C=CCOC(=O)N[C@H](C(=O)N[C@@H](C)C(=O)Nc1ccc(COC(=O)N2c3cc(OCCCOc4cc5c(cc4OC)C(=O)N4C[C@@H](OC(=O)c6ccccc6)C[C@H]4[C@H](O[Si](C)(C)C(C)(C)C)N5C(=O)O)c(OC)cc3C(=O)N3C[C@@H](OC(=O)c4ccccc4)C[C@H]3[C@@H]2O[Si](C)(C)C(C)(C)C)cc1)C(C)C. The Bertz CT molecular complexity index is 4040. The molecule has 4 heterocycles. The molecule has 4 aliphatic heterocycles. The van der Waals surface area contributed by atoms with E-state index in [4.69, 9.17) is 46.7 Å². The van der Waals surface area contributed by atoms with Crippen LogP contribution in [0.25, 0.3) is 0 Å². The van der Waals surface area contributed by atoms with E-state index < -0.39 is 129 Å². The van der Waals surface area contributed by atoms with Gasteiger partial charge >= 0.3 is 30.2 Å². The van der Waals surface area contributed by atoms with Crippen LogP contribution in [0.2, 0.25) is 36.3 Å². The lowest BCUT2D eigenvalue weighted by Crippen LogP contribution is -2.58. The molecule has 4 aliphatic rings. The normalized spacial score (nSPS) is 19.2. The van der Waals surface area contributed by atoms with E-state index in [9.17, 15) is 38.7 Å². The fourth-order valence-corrected chi connectivity index (χ4v) is 14.6. The van der Waals surface area contributed by atoms with Gasteiger partial charge in [-0.3, -0.25) is 19.2 Å². The number of methoxy groups -OCH3 is 2. The lowest BCUT2D eigenvalue weighted by molar-refractivity contribution is -0.128. The minimum absolute atomic E-state index is 0.00477. The summed E-state index contributed by atoms with van der Waals surface area (Å²) in [6.45, 7) is 28.1. The first-order valence-corrected chi connectivity index (χ1v) is 40.8. The monoisotopic (exact) mass is 1480 g/mol. The number of hydrogen-bond acceptors (Lipinski definition) is 19. The molecule has 7 amide bonds. The van der Waals surface area contributed by atoms with Crippen molar-refractivity contribution < 1.29 is 95.0 Å². The molecule has 0 radical (unpaired) electrons. The second-order valence-electron chi connectivity index (χ2n) is 29.7. The summed E-state index contributed by atoms with van der Waals surface area (Å²) in [4.78, 5) is 131. The molecule has 0 bridgehead atoms. The van der Waals surface area contributed by atoms with E-state index in [1.807, 2.05) is 67.7 Å². The Balaban J connectivity index is 0.983. The summed E-state index contributed by atoms with van der Waals surface area (Å²) in [5.41, 5.74) is 1.54. The van der Waals surface area contributed by atoms with Gasteiger partial charge < -0.3 is 77.6 Å². The zero-order chi connectivity index (χ0) is 76.6. The lowest BCUT2D eigenvalue weighted by atomic mass is 10.0. The second kappa shape index (κ2) is 33.0. The van der Waals surface area contributed by atoms with Crippen LogP contribution in [0.1, 0.15) is 129 Å². The fourth-order valence-electron chi connectivity index (χ4n) is 12.1. The number of amides is 7. The third kappa shape index (κ3) is 18.2. The minimum Gasteiger partial charge on any atom is -0.493 e. The molecule has 4 N–H and O–H groups in total. The number of benzene rings is 5. The number of fused-ring (bicyclic) bond motifs is 4. The molecule has 2 fully saturated rings. The van der Waals surface area contributed by atoms with E-state index >= 15 is 9.59 Å². The molecule has 0 spiro atoms. The number of rotatable bonds is 26. The van der Waals surface area contributed by atoms with E-state index in [1.54, 1.807) is 104 Å². The molecular weight excluding hydrogens is 1390 g/mol. The Morgan fingerprint density at radius 2 is 1.07 bits per heavy atom. The number of nitrogens with one attached hydrogen (secondary N) is 3. The third-order valence-corrected chi connectivity index (χ3v) is 28.8. The highest BCUT2D eigenvalue weighted by atomic mass is 28.4. The van der Waals surface area contributed by atoms with E-state index in [1.165, 1.54) is 61.3 Å². The Morgan fingerprint density at radius 3 is 1.50 bits per heavy atom. The lowest BCUT2D eigenvalue weighted by Gasteiger charge is -2.44. The Morgan fingerprint density at radius 1 is 0.610 bits per heavy atom. The molecule has 8 atom stereocenters. The molecular formula is C76H97N7O20Si2. The maximum atomic E-state index is 15.5. The van der Waals surface area contributed by atoms with Crippen LogP contribution >= 0.6 is 0 Å². The first kappa shape index (κ1) is 79.1. The summed E-state index contributed by atoms with van der Waals surface area (Å²) >= 11 is 0. The minimum atomic E-state index is -2.95. The van der Waals surface area contributed by atoms with Crippen molar-refractivity contribution in [2.24, 2.45) is 5.92 Å². The van der Waals surface area contributed by atoms with Gasteiger partial charge in [0, 0.05) is 37.1 Å². The van der Waals surface area contributed by atoms with Crippen LogP contribution in [-0.4, -0.2) is 181 Å². The molecule has 0 aromatic heterocycles. The summed E-state index contributed by atoms with van der Waals surface area (Å²) in [6, 6.07) is 25.4. The molecule has 564 valence electrons. The summed E-state index contributed by atoms with van der Waals surface area (Å²) in [5.74, 6) is -3.30. The number of anilines is 3. The largest absolute Gasteiger partial charge is 0.493 e. The van der Waals surface area contributed by atoms with Crippen LogP contribution in [0.3, 0.4) is 0 Å². The van der Waals surface area contributed by atoms with Crippen LogP contribution in [0, 0.1) is 5.92 Å². The predicted octanol–water partition coefficient (Wildman–Crippen LogP) is 12.2. The maximum absolute atomic E-state index is 15.5. The zero-order valence-corrected chi connectivity index (χ0v) is 64.2. The van der Waals surface area contributed by atoms with Gasteiger partial charge in [-0.25, -0.2) is 33.8 Å². The van der Waals surface area contributed by atoms with E-state index in [0.29, 0.717) is 22.4 Å². The zero-order valence-electron chi connectivity index (χ0n) is 62.2. The molecule has 9 rings (SSSR count). The van der Waals surface area contributed by atoms with Crippen LogP contribution in [0.5, 0.6) is 23.0 Å². The van der Waals surface area contributed by atoms with Crippen molar-refractivity contribution in [2.75, 3.05) is 62.2 Å². The molecule has 27 nitrogen and oxygen atoms in total.